The van der Waals surface area contributed by atoms with E-state index in [1.807, 2.05) is 49.1 Å². The topological polar surface area (TPSA) is 76.2 Å². The van der Waals surface area contributed by atoms with Gasteiger partial charge in [0.25, 0.3) is 0 Å². The maximum Gasteiger partial charge on any atom is 0.318 e. The SMILES string of the molecule is CC(C)C(=O)OC[C@@H]1C[C@H](N(C)C(C)C)CC[C@@H]1N1CCC(C(=O)OCc2ccccc2)C1=O. The van der Waals surface area contributed by atoms with Crippen molar-refractivity contribution >= 4 is 17.8 Å². The summed E-state index contributed by atoms with van der Waals surface area (Å²) in [6, 6.07) is 10.2. The second kappa shape index (κ2) is 11.8. The van der Waals surface area contributed by atoms with E-state index in [1.54, 1.807) is 0 Å². The zero-order chi connectivity index (χ0) is 24.8. The summed E-state index contributed by atoms with van der Waals surface area (Å²) in [5.41, 5.74) is 0.901. The van der Waals surface area contributed by atoms with Crippen molar-refractivity contribution in [3.8, 4) is 0 Å². The van der Waals surface area contributed by atoms with Crippen molar-refractivity contribution in [3.05, 3.63) is 35.9 Å². The summed E-state index contributed by atoms with van der Waals surface area (Å²) in [5, 5.41) is 0. The Bertz CT molecular complexity index is 841. The monoisotopic (exact) mass is 472 g/mol. The molecule has 0 radical (unpaired) electrons. The molecule has 188 valence electrons. The Labute approximate surface area is 203 Å². The van der Waals surface area contributed by atoms with Gasteiger partial charge in [-0.05, 0) is 52.1 Å². The molecule has 1 aliphatic carbocycles. The van der Waals surface area contributed by atoms with Crippen LogP contribution in [0.1, 0.15) is 58.9 Å². The summed E-state index contributed by atoms with van der Waals surface area (Å²) in [5.74, 6) is -1.71. The first-order chi connectivity index (χ1) is 16.2. The molecule has 0 spiro atoms. The molecule has 0 bridgehead atoms. The Balaban J connectivity index is 1.65. The van der Waals surface area contributed by atoms with Crippen LogP contribution < -0.4 is 0 Å². The minimum absolute atomic E-state index is 0.0313. The molecule has 1 unspecified atom stereocenters. The molecule has 1 aromatic rings. The summed E-state index contributed by atoms with van der Waals surface area (Å²) < 4.78 is 11.1. The van der Waals surface area contributed by atoms with Crippen LogP contribution in [0.5, 0.6) is 0 Å². The maximum atomic E-state index is 13.3. The summed E-state index contributed by atoms with van der Waals surface area (Å²) in [6.07, 6.45) is 3.14. The lowest BCUT2D eigenvalue weighted by molar-refractivity contribution is -0.155. The van der Waals surface area contributed by atoms with Crippen LogP contribution in [0.15, 0.2) is 30.3 Å². The molecule has 1 heterocycles. The second-order valence-electron chi connectivity index (χ2n) is 10.3. The molecule has 1 saturated carbocycles. The van der Waals surface area contributed by atoms with Gasteiger partial charge >= 0.3 is 11.9 Å². The average Bonchev–Trinajstić information content (AvgIpc) is 3.21. The number of amides is 1. The number of carbonyl (C=O) groups excluding carboxylic acids is 3. The number of likely N-dealkylation sites (tertiary alicyclic amines) is 1. The molecule has 1 amide bonds. The molecule has 7 nitrogen and oxygen atoms in total. The molecule has 3 rings (SSSR count). The minimum atomic E-state index is -0.751. The van der Waals surface area contributed by atoms with E-state index in [4.69, 9.17) is 9.47 Å². The van der Waals surface area contributed by atoms with Crippen LogP contribution in [0.3, 0.4) is 0 Å². The van der Waals surface area contributed by atoms with Gasteiger partial charge in [-0.3, -0.25) is 14.4 Å². The third-order valence-electron chi connectivity index (χ3n) is 7.36. The Kier molecular flexibility index (Phi) is 9.11. The molecule has 0 aromatic heterocycles. The van der Waals surface area contributed by atoms with Crippen LogP contribution in [0, 0.1) is 17.8 Å². The molecule has 0 N–H and O–H groups in total. The van der Waals surface area contributed by atoms with Gasteiger partial charge in [0.1, 0.15) is 12.5 Å². The standard InChI is InChI=1S/C27H40N2O5/c1-18(2)26(31)34-17-21-15-22(28(5)19(3)4)11-12-24(21)29-14-13-23(25(29)30)27(32)33-16-20-9-7-6-8-10-20/h6-10,18-19,21-24H,11-17H2,1-5H3/t21-,22+,23?,24-/m0/s1. The quantitative estimate of drug-likeness (QED) is 0.403. The van der Waals surface area contributed by atoms with Gasteiger partial charge in [-0.25, -0.2) is 0 Å². The van der Waals surface area contributed by atoms with Crippen molar-refractivity contribution in [2.45, 2.75) is 78.1 Å². The highest BCUT2D eigenvalue weighted by Gasteiger charge is 2.45. The molecule has 7 heteroatoms. The Morgan fingerprint density at radius 3 is 2.41 bits per heavy atom. The van der Waals surface area contributed by atoms with E-state index < -0.39 is 11.9 Å². The predicted octanol–water partition coefficient (Wildman–Crippen LogP) is 3.66. The Hall–Kier alpha value is -2.41. The van der Waals surface area contributed by atoms with Gasteiger partial charge in [0.05, 0.1) is 12.5 Å². The third kappa shape index (κ3) is 6.38. The molecule has 4 atom stereocenters. The fourth-order valence-electron chi connectivity index (χ4n) is 5.04. The predicted molar refractivity (Wildman–Crippen MR) is 130 cm³/mol. The summed E-state index contributed by atoms with van der Waals surface area (Å²) in [6.45, 7) is 9.01. The number of ether oxygens (including phenoxy) is 2. The number of nitrogens with zero attached hydrogens (tertiary/aromatic N) is 2. The van der Waals surface area contributed by atoms with Gasteiger partial charge in [0.15, 0.2) is 0 Å². The van der Waals surface area contributed by atoms with Crippen molar-refractivity contribution < 1.29 is 23.9 Å². The average molecular weight is 473 g/mol. The molecular weight excluding hydrogens is 432 g/mol. The minimum Gasteiger partial charge on any atom is -0.465 e. The van der Waals surface area contributed by atoms with Crippen molar-refractivity contribution in [1.29, 1.82) is 0 Å². The van der Waals surface area contributed by atoms with Gasteiger partial charge < -0.3 is 19.3 Å². The largest absolute Gasteiger partial charge is 0.465 e. The number of hydrogen-bond acceptors (Lipinski definition) is 6. The van der Waals surface area contributed by atoms with Gasteiger partial charge in [-0.15, -0.1) is 0 Å². The van der Waals surface area contributed by atoms with E-state index in [2.05, 4.69) is 25.8 Å². The molecular formula is C27H40N2O5. The summed E-state index contributed by atoms with van der Waals surface area (Å²) in [7, 11) is 2.13. The third-order valence-corrected chi connectivity index (χ3v) is 7.36. The highest BCUT2D eigenvalue weighted by molar-refractivity contribution is 5.99. The molecule has 2 fully saturated rings. The van der Waals surface area contributed by atoms with Crippen molar-refractivity contribution in [1.82, 2.24) is 9.80 Å². The van der Waals surface area contributed by atoms with Crippen molar-refractivity contribution in [2.75, 3.05) is 20.2 Å². The second-order valence-corrected chi connectivity index (χ2v) is 10.3. The van der Waals surface area contributed by atoms with Crippen LogP contribution in [0.4, 0.5) is 0 Å². The van der Waals surface area contributed by atoms with E-state index in [-0.39, 0.29) is 36.4 Å². The summed E-state index contributed by atoms with van der Waals surface area (Å²) in [4.78, 5) is 42.4. The van der Waals surface area contributed by atoms with Gasteiger partial charge in [-0.2, -0.15) is 0 Å². The molecule has 2 aliphatic rings. The molecule has 1 saturated heterocycles. The molecule has 1 aliphatic heterocycles. The van der Waals surface area contributed by atoms with Crippen molar-refractivity contribution in [2.24, 2.45) is 17.8 Å². The fraction of sp³-hybridized carbons (Fsp3) is 0.667. The van der Waals surface area contributed by atoms with E-state index in [0.29, 0.717) is 31.7 Å². The van der Waals surface area contributed by atoms with E-state index in [1.165, 1.54) is 0 Å². The lowest BCUT2D eigenvalue weighted by atomic mass is 9.80. The first kappa shape index (κ1) is 26.2. The smallest absolute Gasteiger partial charge is 0.318 e. The number of rotatable bonds is 9. The van der Waals surface area contributed by atoms with Crippen molar-refractivity contribution in [3.63, 3.8) is 0 Å². The maximum absolute atomic E-state index is 13.3. The first-order valence-electron chi connectivity index (χ1n) is 12.6. The number of hydrogen-bond donors (Lipinski definition) is 0. The molecule has 1 aromatic carbocycles. The lowest BCUT2D eigenvalue weighted by Crippen LogP contribution is -2.51. The normalized spacial score (nSPS) is 25.3. The van der Waals surface area contributed by atoms with E-state index in [9.17, 15) is 14.4 Å². The van der Waals surface area contributed by atoms with Gasteiger partial charge in [-0.1, -0.05) is 44.2 Å². The number of carbonyl (C=O) groups is 3. The highest BCUT2D eigenvalue weighted by Crippen LogP contribution is 2.35. The molecule has 34 heavy (non-hydrogen) atoms. The fourth-order valence-corrected chi connectivity index (χ4v) is 5.04. The van der Waals surface area contributed by atoms with Gasteiger partial charge in [0, 0.05) is 30.6 Å². The number of benzene rings is 1. The zero-order valence-electron chi connectivity index (χ0n) is 21.2. The van der Waals surface area contributed by atoms with Crippen LogP contribution >= 0.6 is 0 Å². The number of esters is 2. The van der Waals surface area contributed by atoms with E-state index >= 15 is 0 Å². The van der Waals surface area contributed by atoms with Gasteiger partial charge in [0.2, 0.25) is 5.91 Å². The van der Waals surface area contributed by atoms with Crippen LogP contribution in [-0.2, 0) is 30.5 Å². The summed E-state index contributed by atoms with van der Waals surface area (Å²) >= 11 is 0. The lowest BCUT2D eigenvalue weighted by Gasteiger charge is -2.44. The van der Waals surface area contributed by atoms with Crippen LogP contribution in [-0.4, -0.2) is 66.0 Å². The van der Waals surface area contributed by atoms with Crippen LogP contribution in [0.25, 0.3) is 0 Å². The highest BCUT2D eigenvalue weighted by atomic mass is 16.5. The van der Waals surface area contributed by atoms with Crippen LogP contribution in [0.2, 0.25) is 0 Å². The van der Waals surface area contributed by atoms with E-state index in [0.717, 1.165) is 24.8 Å². The Morgan fingerprint density at radius 2 is 1.76 bits per heavy atom. The zero-order valence-corrected chi connectivity index (χ0v) is 21.2. The first-order valence-corrected chi connectivity index (χ1v) is 12.6. The Morgan fingerprint density at radius 1 is 1.06 bits per heavy atom.